The smallest absolute Gasteiger partial charge is 0.119 e. The molecule has 0 bridgehead atoms. The summed E-state index contributed by atoms with van der Waals surface area (Å²) >= 11 is 0. The maximum Gasteiger partial charge on any atom is 0.119 e. The van der Waals surface area contributed by atoms with Crippen molar-refractivity contribution >= 4 is 0 Å². The van der Waals surface area contributed by atoms with E-state index < -0.39 is 0 Å². The van der Waals surface area contributed by atoms with Gasteiger partial charge in [-0.25, -0.2) is 0 Å². The Morgan fingerprint density at radius 2 is 2.21 bits per heavy atom. The molecule has 0 unspecified atom stereocenters. The van der Waals surface area contributed by atoms with Crippen LogP contribution in [0.2, 0.25) is 0 Å². The van der Waals surface area contributed by atoms with Gasteiger partial charge in [0.2, 0.25) is 0 Å². The van der Waals surface area contributed by atoms with Crippen LogP contribution < -0.4 is 10.1 Å². The van der Waals surface area contributed by atoms with Crippen molar-refractivity contribution < 1.29 is 4.74 Å². The number of methoxy groups -OCH3 is 1. The average molecular weight is 262 g/mol. The van der Waals surface area contributed by atoms with E-state index in [1.807, 2.05) is 6.07 Å². The van der Waals surface area contributed by atoms with Crippen LogP contribution >= 0.6 is 0 Å². The molecule has 1 aliphatic rings. The molecule has 1 aromatic rings. The molecule has 0 amide bonds. The lowest BCUT2D eigenvalue weighted by Gasteiger charge is -2.30. The molecule has 0 radical (unpaired) electrons. The van der Waals surface area contributed by atoms with Crippen LogP contribution in [-0.4, -0.2) is 43.7 Å². The largest absolute Gasteiger partial charge is 0.497 e. The topological polar surface area (TPSA) is 24.5 Å². The van der Waals surface area contributed by atoms with Crippen molar-refractivity contribution in [3.8, 4) is 5.75 Å². The molecule has 2 rings (SSSR count). The molecule has 19 heavy (non-hydrogen) atoms. The lowest BCUT2D eigenvalue weighted by molar-refractivity contribution is 0.233. The van der Waals surface area contributed by atoms with Crippen LogP contribution in [0, 0.1) is 0 Å². The second-order valence-corrected chi connectivity index (χ2v) is 6.04. The number of nitrogens with zero attached hydrogens (tertiary/aromatic N) is 1. The highest BCUT2D eigenvalue weighted by Gasteiger charge is 2.23. The van der Waals surface area contributed by atoms with E-state index in [1.54, 1.807) is 7.11 Å². The molecule has 1 fully saturated rings. The monoisotopic (exact) mass is 262 g/mol. The van der Waals surface area contributed by atoms with Crippen molar-refractivity contribution in [3.05, 3.63) is 29.8 Å². The van der Waals surface area contributed by atoms with E-state index in [-0.39, 0.29) is 5.54 Å². The summed E-state index contributed by atoms with van der Waals surface area (Å²) in [7, 11) is 1.72. The van der Waals surface area contributed by atoms with E-state index in [0.717, 1.165) is 31.8 Å². The first-order valence-electron chi connectivity index (χ1n) is 7.19. The Balaban J connectivity index is 1.90. The van der Waals surface area contributed by atoms with Crippen molar-refractivity contribution in [1.82, 2.24) is 10.2 Å². The van der Waals surface area contributed by atoms with Gasteiger partial charge in [-0.15, -0.1) is 0 Å². The fourth-order valence-electron chi connectivity index (χ4n) is 2.73. The summed E-state index contributed by atoms with van der Waals surface area (Å²) in [5.41, 5.74) is 1.58. The first-order valence-corrected chi connectivity index (χ1v) is 7.19. The maximum absolute atomic E-state index is 5.28. The summed E-state index contributed by atoms with van der Waals surface area (Å²) in [6.45, 7) is 9.14. The van der Waals surface area contributed by atoms with Crippen LogP contribution in [0.15, 0.2) is 24.3 Å². The second-order valence-electron chi connectivity index (χ2n) is 6.04. The summed E-state index contributed by atoms with van der Waals surface area (Å²) < 4.78 is 5.28. The fourth-order valence-corrected chi connectivity index (χ4v) is 2.73. The lowest BCUT2D eigenvalue weighted by atomic mass is 10.1. The normalized spacial score (nSPS) is 19.9. The molecule has 1 N–H and O–H groups in total. The lowest BCUT2D eigenvalue weighted by Crippen LogP contribution is -2.46. The molecule has 1 heterocycles. The summed E-state index contributed by atoms with van der Waals surface area (Å²) in [5.74, 6) is 0.954. The number of hydrogen-bond acceptors (Lipinski definition) is 3. The van der Waals surface area contributed by atoms with Crippen molar-refractivity contribution in [2.45, 2.75) is 32.2 Å². The Labute approximate surface area is 116 Å². The molecule has 0 aliphatic carbocycles. The fraction of sp³-hybridized carbons (Fsp3) is 0.625. The highest BCUT2D eigenvalue weighted by molar-refractivity contribution is 5.28. The van der Waals surface area contributed by atoms with Gasteiger partial charge in [-0.3, -0.25) is 0 Å². The predicted octanol–water partition coefficient (Wildman–Crippen LogP) is 2.31. The zero-order valence-electron chi connectivity index (χ0n) is 12.4. The minimum atomic E-state index is 0.227. The van der Waals surface area contributed by atoms with Gasteiger partial charge < -0.3 is 15.0 Å². The van der Waals surface area contributed by atoms with Gasteiger partial charge in [-0.05, 0) is 57.5 Å². The minimum Gasteiger partial charge on any atom is -0.497 e. The average Bonchev–Trinajstić information content (AvgIpc) is 2.57. The molecular formula is C16H26N2O. The highest BCUT2D eigenvalue weighted by Crippen LogP contribution is 2.15. The first kappa shape index (κ1) is 14.4. The van der Waals surface area contributed by atoms with Crippen molar-refractivity contribution in [1.29, 1.82) is 0 Å². The molecule has 0 atom stereocenters. The van der Waals surface area contributed by atoms with Crippen LogP contribution in [0.3, 0.4) is 0 Å². The predicted molar refractivity (Wildman–Crippen MR) is 79.8 cm³/mol. The molecule has 0 spiro atoms. The Hall–Kier alpha value is -1.06. The molecule has 3 heteroatoms. The molecule has 1 aliphatic heterocycles. The molecular weight excluding hydrogens is 236 g/mol. The van der Waals surface area contributed by atoms with Gasteiger partial charge in [-0.1, -0.05) is 12.1 Å². The van der Waals surface area contributed by atoms with Gasteiger partial charge in [0.25, 0.3) is 0 Å². The number of ether oxygens (including phenoxy) is 1. The molecule has 0 saturated carbocycles. The third-order valence-corrected chi connectivity index (χ3v) is 3.72. The van der Waals surface area contributed by atoms with E-state index in [4.69, 9.17) is 4.74 Å². The summed E-state index contributed by atoms with van der Waals surface area (Å²) in [6, 6.07) is 8.40. The molecule has 106 valence electrons. The number of benzene rings is 1. The third kappa shape index (κ3) is 4.51. The van der Waals surface area contributed by atoms with Gasteiger partial charge in [0, 0.05) is 18.6 Å². The number of hydrogen-bond donors (Lipinski definition) is 1. The maximum atomic E-state index is 5.28. The van der Waals surface area contributed by atoms with Gasteiger partial charge in [0.1, 0.15) is 5.75 Å². The molecule has 3 nitrogen and oxygen atoms in total. The van der Waals surface area contributed by atoms with Gasteiger partial charge in [-0.2, -0.15) is 0 Å². The third-order valence-electron chi connectivity index (χ3n) is 3.72. The van der Waals surface area contributed by atoms with Crippen molar-refractivity contribution in [2.24, 2.45) is 0 Å². The quantitative estimate of drug-likeness (QED) is 0.901. The van der Waals surface area contributed by atoms with Crippen LogP contribution in [0.4, 0.5) is 0 Å². The van der Waals surface area contributed by atoms with E-state index in [9.17, 15) is 0 Å². The van der Waals surface area contributed by atoms with Crippen LogP contribution in [0.5, 0.6) is 5.75 Å². The Bertz CT molecular complexity index is 403. The van der Waals surface area contributed by atoms with Crippen LogP contribution in [0.25, 0.3) is 0 Å². The van der Waals surface area contributed by atoms with Gasteiger partial charge in [0.15, 0.2) is 0 Å². The molecule has 1 saturated heterocycles. The standard InChI is InChI=1S/C16H26N2O/c1-16(2)13-18(10-5-9-17-16)11-8-14-6-4-7-15(12-14)19-3/h4,6-7,12,17H,5,8-11,13H2,1-3H3. The van der Waals surface area contributed by atoms with Crippen LogP contribution in [0.1, 0.15) is 25.8 Å². The number of nitrogens with one attached hydrogen (secondary N) is 1. The summed E-state index contributed by atoms with van der Waals surface area (Å²) in [5, 5.41) is 3.61. The zero-order valence-corrected chi connectivity index (χ0v) is 12.4. The highest BCUT2D eigenvalue weighted by atomic mass is 16.5. The van der Waals surface area contributed by atoms with E-state index in [0.29, 0.717) is 0 Å². The van der Waals surface area contributed by atoms with E-state index in [1.165, 1.54) is 18.5 Å². The Morgan fingerprint density at radius 3 is 3.00 bits per heavy atom. The first-order chi connectivity index (χ1) is 9.09. The SMILES string of the molecule is COc1cccc(CCN2CCCNC(C)(C)C2)c1. The number of rotatable bonds is 4. The van der Waals surface area contributed by atoms with Gasteiger partial charge >= 0.3 is 0 Å². The van der Waals surface area contributed by atoms with E-state index >= 15 is 0 Å². The minimum absolute atomic E-state index is 0.227. The molecule has 1 aromatic carbocycles. The Kier molecular flexibility index (Phi) is 4.83. The summed E-state index contributed by atoms with van der Waals surface area (Å²) in [6.07, 6.45) is 2.33. The molecule has 0 aromatic heterocycles. The Morgan fingerprint density at radius 1 is 1.37 bits per heavy atom. The van der Waals surface area contributed by atoms with Crippen LogP contribution in [-0.2, 0) is 6.42 Å². The van der Waals surface area contributed by atoms with Crippen molar-refractivity contribution in [2.75, 3.05) is 33.3 Å². The second kappa shape index (κ2) is 6.40. The summed E-state index contributed by atoms with van der Waals surface area (Å²) in [4.78, 5) is 2.57. The van der Waals surface area contributed by atoms with Crippen molar-refractivity contribution in [3.63, 3.8) is 0 Å². The van der Waals surface area contributed by atoms with E-state index in [2.05, 4.69) is 42.3 Å². The zero-order chi connectivity index (χ0) is 13.7. The van der Waals surface area contributed by atoms with Gasteiger partial charge in [0.05, 0.1) is 7.11 Å².